The molecule has 0 aliphatic carbocycles. The van der Waals surface area contributed by atoms with E-state index >= 15 is 0 Å². The molecule has 104 valence electrons. The summed E-state index contributed by atoms with van der Waals surface area (Å²) < 4.78 is 1.63. The molecule has 1 saturated heterocycles. The Balaban J connectivity index is 2.06. The summed E-state index contributed by atoms with van der Waals surface area (Å²) in [5, 5.41) is 0. The SMILES string of the molecule is CC(=O)CC1CCN1c1nc2ccccc2n(C)c1=O. The van der Waals surface area contributed by atoms with Gasteiger partial charge in [0.05, 0.1) is 11.0 Å². The maximum atomic E-state index is 12.4. The minimum atomic E-state index is -0.100. The first-order valence-electron chi connectivity index (χ1n) is 6.80. The number of aryl methyl sites for hydroxylation is 1. The Morgan fingerprint density at radius 1 is 1.40 bits per heavy atom. The molecule has 0 bridgehead atoms. The molecule has 1 aliphatic heterocycles. The lowest BCUT2D eigenvalue weighted by Gasteiger charge is -2.41. The Morgan fingerprint density at radius 2 is 2.15 bits per heavy atom. The van der Waals surface area contributed by atoms with Crippen molar-refractivity contribution in [1.29, 1.82) is 0 Å². The molecule has 0 N–H and O–H groups in total. The first-order chi connectivity index (χ1) is 9.58. The molecule has 20 heavy (non-hydrogen) atoms. The van der Waals surface area contributed by atoms with Gasteiger partial charge in [0.2, 0.25) is 0 Å². The highest BCUT2D eigenvalue weighted by molar-refractivity contribution is 5.78. The monoisotopic (exact) mass is 271 g/mol. The van der Waals surface area contributed by atoms with E-state index in [1.807, 2.05) is 29.2 Å². The smallest absolute Gasteiger partial charge is 0.293 e. The zero-order valence-corrected chi connectivity index (χ0v) is 11.7. The molecule has 3 rings (SSSR count). The molecular formula is C15H17N3O2. The lowest BCUT2D eigenvalue weighted by Crippen LogP contribution is -2.51. The second kappa shape index (κ2) is 4.74. The normalized spacial score (nSPS) is 18.1. The van der Waals surface area contributed by atoms with E-state index in [1.54, 1.807) is 18.5 Å². The number of hydrogen-bond donors (Lipinski definition) is 0. The molecule has 5 heteroatoms. The van der Waals surface area contributed by atoms with E-state index in [-0.39, 0.29) is 17.4 Å². The van der Waals surface area contributed by atoms with Crippen LogP contribution in [0, 0.1) is 0 Å². The van der Waals surface area contributed by atoms with Crippen molar-refractivity contribution < 1.29 is 4.79 Å². The molecule has 5 nitrogen and oxygen atoms in total. The third-order valence-corrected chi connectivity index (χ3v) is 3.90. The standard InChI is InChI=1S/C15H17N3O2/c1-10(19)9-11-7-8-18(11)14-15(20)17(2)13-6-4-3-5-12(13)16-14/h3-6,11H,7-9H2,1-2H3. The number of benzene rings is 1. The van der Waals surface area contributed by atoms with Gasteiger partial charge in [0.15, 0.2) is 5.82 Å². The molecule has 1 aromatic carbocycles. The van der Waals surface area contributed by atoms with Gasteiger partial charge in [-0.05, 0) is 25.5 Å². The molecule has 0 amide bonds. The number of Topliss-reactive ketones (excluding diaryl/α,β-unsaturated/α-hetero) is 1. The molecule has 1 fully saturated rings. The van der Waals surface area contributed by atoms with Crippen LogP contribution < -0.4 is 10.5 Å². The van der Waals surface area contributed by atoms with Crippen molar-refractivity contribution in [3.63, 3.8) is 0 Å². The third kappa shape index (κ3) is 1.99. The van der Waals surface area contributed by atoms with E-state index in [4.69, 9.17) is 0 Å². The van der Waals surface area contributed by atoms with Crippen molar-refractivity contribution in [2.24, 2.45) is 7.05 Å². The van der Waals surface area contributed by atoms with E-state index in [0.717, 1.165) is 24.0 Å². The minimum Gasteiger partial charge on any atom is -0.348 e. The van der Waals surface area contributed by atoms with Gasteiger partial charge in [0, 0.05) is 26.1 Å². The van der Waals surface area contributed by atoms with Crippen LogP contribution in [-0.4, -0.2) is 27.9 Å². The van der Waals surface area contributed by atoms with E-state index in [9.17, 15) is 9.59 Å². The number of hydrogen-bond acceptors (Lipinski definition) is 4. The summed E-state index contributed by atoms with van der Waals surface area (Å²) in [6, 6.07) is 7.71. The minimum absolute atomic E-state index is 0.100. The van der Waals surface area contributed by atoms with Crippen molar-refractivity contribution in [2.45, 2.75) is 25.8 Å². The van der Waals surface area contributed by atoms with E-state index in [0.29, 0.717) is 12.2 Å². The predicted octanol–water partition coefficient (Wildman–Crippen LogP) is 1.49. The van der Waals surface area contributed by atoms with Crippen molar-refractivity contribution in [1.82, 2.24) is 9.55 Å². The topological polar surface area (TPSA) is 55.2 Å². The van der Waals surface area contributed by atoms with Crippen LogP contribution in [0.1, 0.15) is 19.8 Å². The van der Waals surface area contributed by atoms with Gasteiger partial charge in [-0.15, -0.1) is 0 Å². The van der Waals surface area contributed by atoms with Crippen LogP contribution in [0.2, 0.25) is 0 Å². The quantitative estimate of drug-likeness (QED) is 0.848. The molecule has 2 heterocycles. The average Bonchev–Trinajstić information content (AvgIpc) is 2.40. The van der Waals surface area contributed by atoms with Crippen molar-refractivity contribution in [3.8, 4) is 0 Å². The molecule has 0 saturated carbocycles. The largest absolute Gasteiger partial charge is 0.348 e. The molecule has 0 spiro atoms. The Hall–Kier alpha value is -2.17. The Morgan fingerprint density at radius 3 is 2.80 bits per heavy atom. The van der Waals surface area contributed by atoms with Gasteiger partial charge in [-0.3, -0.25) is 9.59 Å². The average molecular weight is 271 g/mol. The predicted molar refractivity (Wildman–Crippen MR) is 78.0 cm³/mol. The van der Waals surface area contributed by atoms with Gasteiger partial charge in [0.1, 0.15) is 5.78 Å². The Bertz CT molecular complexity index is 735. The zero-order valence-electron chi connectivity index (χ0n) is 11.7. The van der Waals surface area contributed by atoms with Crippen LogP contribution in [0.3, 0.4) is 0 Å². The van der Waals surface area contributed by atoms with Crippen LogP contribution in [0.4, 0.5) is 5.82 Å². The van der Waals surface area contributed by atoms with Crippen LogP contribution in [0.25, 0.3) is 11.0 Å². The molecule has 0 radical (unpaired) electrons. The van der Waals surface area contributed by atoms with Gasteiger partial charge in [-0.1, -0.05) is 12.1 Å². The fraction of sp³-hybridized carbons (Fsp3) is 0.400. The van der Waals surface area contributed by atoms with Gasteiger partial charge < -0.3 is 9.47 Å². The van der Waals surface area contributed by atoms with Gasteiger partial charge in [-0.25, -0.2) is 4.98 Å². The number of rotatable bonds is 3. The van der Waals surface area contributed by atoms with Crippen molar-refractivity contribution >= 4 is 22.6 Å². The fourth-order valence-electron chi connectivity index (χ4n) is 2.71. The summed E-state index contributed by atoms with van der Waals surface area (Å²) in [6.45, 7) is 2.38. The number of aromatic nitrogens is 2. The summed E-state index contributed by atoms with van der Waals surface area (Å²) >= 11 is 0. The number of carbonyl (C=O) groups is 1. The molecular weight excluding hydrogens is 254 g/mol. The van der Waals surface area contributed by atoms with Crippen LogP contribution in [0.15, 0.2) is 29.1 Å². The fourth-order valence-corrected chi connectivity index (χ4v) is 2.71. The third-order valence-electron chi connectivity index (χ3n) is 3.90. The van der Waals surface area contributed by atoms with E-state index in [1.165, 1.54) is 0 Å². The number of fused-ring (bicyclic) bond motifs is 1. The lowest BCUT2D eigenvalue weighted by atomic mass is 9.98. The van der Waals surface area contributed by atoms with Crippen molar-refractivity contribution in [3.05, 3.63) is 34.6 Å². The molecule has 1 unspecified atom stereocenters. The van der Waals surface area contributed by atoms with Crippen molar-refractivity contribution in [2.75, 3.05) is 11.4 Å². The first kappa shape index (κ1) is 12.8. The number of carbonyl (C=O) groups excluding carboxylic acids is 1. The summed E-state index contributed by atoms with van der Waals surface area (Å²) in [7, 11) is 1.76. The number of anilines is 1. The number of ketones is 1. The second-order valence-corrected chi connectivity index (χ2v) is 5.33. The van der Waals surface area contributed by atoms with Gasteiger partial charge in [0.25, 0.3) is 5.56 Å². The van der Waals surface area contributed by atoms with Gasteiger partial charge >= 0.3 is 0 Å². The number of nitrogens with zero attached hydrogens (tertiary/aromatic N) is 3. The molecule has 1 aliphatic rings. The highest BCUT2D eigenvalue weighted by Gasteiger charge is 2.32. The summed E-state index contributed by atoms with van der Waals surface area (Å²) in [4.78, 5) is 30.1. The molecule has 1 aromatic heterocycles. The van der Waals surface area contributed by atoms with Crippen LogP contribution in [0.5, 0.6) is 0 Å². The highest BCUT2D eigenvalue weighted by Crippen LogP contribution is 2.25. The summed E-state index contributed by atoms with van der Waals surface area (Å²) in [5.74, 6) is 0.612. The zero-order chi connectivity index (χ0) is 14.3. The molecule has 2 aromatic rings. The highest BCUT2D eigenvalue weighted by atomic mass is 16.1. The summed E-state index contributed by atoms with van der Waals surface area (Å²) in [5.41, 5.74) is 1.53. The summed E-state index contributed by atoms with van der Waals surface area (Å²) in [6.07, 6.45) is 1.43. The maximum Gasteiger partial charge on any atom is 0.293 e. The number of para-hydroxylation sites is 2. The Kier molecular flexibility index (Phi) is 3.04. The second-order valence-electron chi connectivity index (χ2n) is 5.33. The van der Waals surface area contributed by atoms with E-state index in [2.05, 4.69) is 4.98 Å². The van der Waals surface area contributed by atoms with E-state index < -0.39 is 0 Å². The van der Waals surface area contributed by atoms with Gasteiger partial charge in [-0.2, -0.15) is 0 Å². The lowest BCUT2D eigenvalue weighted by molar-refractivity contribution is -0.117. The first-order valence-corrected chi connectivity index (χ1v) is 6.80. The Labute approximate surface area is 116 Å². The van der Waals surface area contributed by atoms with Crippen LogP contribution in [-0.2, 0) is 11.8 Å². The molecule has 1 atom stereocenters. The van der Waals surface area contributed by atoms with Crippen LogP contribution >= 0.6 is 0 Å². The maximum absolute atomic E-state index is 12.4.